The summed E-state index contributed by atoms with van der Waals surface area (Å²) in [5.74, 6) is 0.572. The van der Waals surface area contributed by atoms with Crippen LogP contribution in [0.3, 0.4) is 0 Å². The van der Waals surface area contributed by atoms with Crippen molar-refractivity contribution in [3.63, 3.8) is 0 Å². The number of H-pyrrole nitrogens is 1. The third-order valence-electron chi connectivity index (χ3n) is 4.52. The van der Waals surface area contributed by atoms with Crippen molar-refractivity contribution in [1.82, 2.24) is 4.98 Å². The van der Waals surface area contributed by atoms with Crippen LogP contribution in [-0.4, -0.2) is 22.5 Å². The monoisotopic (exact) mass is 392 g/mol. The first kappa shape index (κ1) is 19.9. The summed E-state index contributed by atoms with van der Waals surface area (Å²) in [6, 6.07) is 18.9. The van der Waals surface area contributed by atoms with Crippen LogP contribution >= 0.6 is 0 Å². The van der Waals surface area contributed by atoms with Gasteiger partial charge in [-0.25, -0.2) is 0 Å². The molecule has 3 aromatic rings. The number of pyridine rings is 1. The number of hydrogen-bond donors (Lipinski definition) is 3. The number of hydrogen-bond acceptors (Lipinski definition) is 4. The van der Waals surface area contributed by atoms with E-state index in [0.717, 1.165) is 22.4 Å². The molecular formula is C22H20N2O5. The van der Waals surface area contributed by atoms with Gasteiger partial charge in [0.05, 0.1) is 0 Å². The predicted octanol–water partition coefficient (Wildman–Crippen LogP) is 3.13. The number of aromatic nitrogens is 1. The average molecular weight is 392 g/mol. The summed E-state index contributed by atoms with van der Waals surface area (Å²) < 4.78 is 5.85. The van der Waals surface area contributed by atoms with E-state index < -0.39 is 0 Å². The summed E-state index contributed by atoms with van der Waals surface area (Å²) in [4.78, 5) is 34.5. The molecule has 0 fully saturated rings. The first-order valence-corrected chi connectivity index (χ1v) is 8.97. The van der Waals surface area contributed by atoms with Gasteiger partial charge in [-0.15, -0.1) is 0 Å². The average Bonchev–Trinajstić information content (AvgIpc) is 2.73. The number of fused-ring (bicyclic) bond motifs is 1. The van der Waals surface area contributed by atoms with Crippen LogP contribution in [0, 0.1) is 0 Å². The number of amides is 1. The van der Waals surface area contributed by atoms with Gasteiger partial charge in [-0.3, -0.25) is 14.4 Å². The number of ether oxygens (including phenoxy) is 1. The second-order valence-electron chi connectivity index (χ2n) is 6.42. The molecule has 0 spiro atoms. The van der Waals surface area contributed by atoms with Crippen LogP contribution in [0.15, 0.2) is 71.7 Å². The Kier molecular flexibility index (Phi) is 6.42. The van der Waals surface area contributed by atoms with E-state index in [1.165, 1.54) is 6.07 Å². The van der Waals surface area contributed by atoms with Crippen LogP contribution < -0.4 is 15.6 Å². The zero-order chi connectivity index (χ0) is 20.6. The lowest BCUT2D eigenvalue weighted by molar-refractivity contribution is -0.123. The molecule has 4 rings (SSSR count). The maximum atomic E-state index is 12.1. The number of carboxylic acid groups (broad SMARTS) is 1. The van der Waals surface area contributed by atoms with Gasteiger partial charge in [0, 0.05) is 36.4 Å². The Labute approximate surface area is 167 Å². The molecule has 148 valence electrons. The fourth-order valence-electron chi connectivity index (χ4n) is 3.21. The number of anilines is 1. The maximum Gasteiger partial charge on any atom is 0.290 e. The van der Waals surface area contributed by atoms with Gasteiger partial charge in [0.1, 0.15) is 12.4 Å². The van der Waals surface area contributed by atoms with Crippen LogP contribution in [0.5, 0.6) is 5.75 Å². The molecule has 29 heavy (non-hydrogen) atoms. The van der Waals surface area contributed by atoms with Gasteiger partial charge in [0.15, 0.2) is 0 Å². The van der Waals surface area contributed by atoms with Gasteiger partial charge in [-0.2, -0.15) is 0 Å². The van der Waals surface area contributed by atoms with Crippen LogP contribution in [-0.2, 0) is 16.2 Å². The molecule has 3 N–H and O–H groups in total. The number of carbonyl (C=O) groups is 2. The summed E-state index contributed by atoms with van der Waals surface area (Å²) in [7, 11) is 0. The molecule has 7 nitrogen and oxygen atoms in total. The molecule has 0 saturated carbocycles. The summed E-state index contributed by atoms with van der Waals surface area (Å²) in [5.41, 5.74) is 3.62. The molecule has 2 aromatic carbocycles. The van der Waals surface area contributed by atoms with E-state index in [-0.39, 0.29) is 23.9 Å². The zero-order valence-electron chi connectivity index (χ0n) is 15.5. The normalized spacial score (nSPS) is 14.6. The summed E-state index contributed by atoms with van der Waals surface area (Å²) in [5, 5.41) is 9.81. The van der Waals surface area contributed by atoms with Crippen molar-refractivity contribution in [3.8, 4) is 5.75 Å². The number of aromatic amines is 1. The van der Waals surface area contributed by atoms with Gasteiger partial charge >= 0.3 is 0 Å². The second-order valence-corrected chi connectivity index (χ2v) is 6.42. The molecule has 2 heterocycles. The maximum absolute atomic E-state index is 12.1. The van der Waals surface area contributed by atoms with Crippen molar-refractivity contribution >= 4 is 18.1 Å². The molecule has 7 heteroatoms. The minimum Gasteiger partial charge on any atom is -0.489 e. The van der Waals surface area contributed by atoms with Gasteiger partial charge < -0.3 is 20.1 Å². The van der Waals surface area contributed by atoms with E-state index in [1.54, 1.807) is 12.3 Å². The van der Waals surface area contributed by atoms with E-state index in [4.69, 9.17) is 14.6 Å². The van der Waals surface area contributed by atoms with Gasteiger partial charge in [0.2, 0.25) is 11.5 Å². The Balaban J connectivity index is 0.000000755. The van der Waals surface area contributed by atoms with E-state index in [2.05, 4.69) is 10.3 Å². The summed E-state index contributed by atoms with van der Waals surface area (Å²) >= 11 is 0. The van der Waals surface area contributed by atoms with Crippen LogP contribution in [0.4, 0.5) is 5.69 Å². The van der Waals surface area contributed by atoms with Crippen LogP contribution in [0.1, 0.15) is 29.0 Å². The number of benzene rings is 2. The molecule has 0 radical (unpaired) electrons. The zero-order valence-corrected chi connectivity index (χ0v) is 15.5. The highest BCUT2D eigenvalue weighted by Crippen LogP contribution is 2.38. The van der Waals surface area contributed by atoms with Crippen LogP contribution in [0.2, 0.25) is 0 Å². The fraction of sp³-hybridized carbons (Fsp3) is 0.136. The molecule has 0 bridgehead atoms. The van der Waals surface area contributed by atoms with E-state index in [1.807, 2.05) is 48.5 Å². The standard InChI is InChI=1S/C21H18N2O3.CH2O2/c24-20-9-6-15(12-22-20)18-11-21(25)23-19-10-16(7-8-17(18)19)26-13-14-4-2-1-3-5-14;2-1-3/h1-10,12,18H,11,13H2,(H,22,24)(H,23,25);1H,(H,2,3). The molecule has 1 amide bonds. The number of nitrogens with one attached hydrogen (secondary N) is 2. The topological polar surface area (TPSA) is 108 Å². The van der Waals surface area contributed by atoms with Crippen molar-refractivity contribution in [2.24, 2.45) is 0 Å². The minimum absolute atomic E-state index is 0.0473. The Morgan fingerprint density at radius 2 is 1.83 bits per heavy atom. The fourth-order valence-corrected chi connectivity index (χ4v) is 3.21. The lowest BCUT2D eigenvalue weighted by Gasteiger charge is -2.26. The SMILES string of the molecule is O=C1CC(c2ccc(=O)[nH]c2)c2ccc(OCc3ccccc3)cc2N1.O=CO. The van der Waals surface area contributed by atoms with E-state index in [9.17, 15) is 9.59 Å². The highest BCUT2D eigenvalue weighted by molar-refractivity contribution is 5.95. The van der Waals surface area contributed by atoms with Crippen molar-refractivity contribution in [1.29, 1.82) is 0 Å². The third-order valence-corrected chi connectivity index (χ3v) is 4.52. The molecule has 1 atom stereocenters. The largest absolute Gasteiger partial charge is 0.489 e. The molecule has 1 unspecified atom stereocenters. The van der Waals surface area contributed by atoms with Crippen molar-refractivity contribution in [2.75, 3.05) is 5.32 Å². The summed E-state index contributed by atoms with van der Waals surface area (Å²) in [6.07, 6.45) is 2.03. The highest BCUT2D eigenvalue weighted by atomic mass is 16.5. The smallest absolute Gasteiger partial charge is 0.290 e. The minimum atomic E-state index is -0.250. The Hall–Kier alpha value is -3.87. The molecule has 1 aliphatic heterocycles. The number of carbonyl (C=O) groups excluding carboxylic acids is 1. The van der Waals surface area contributed by atoms with Gasteiger partial charge in [-0.05, 0) is 22.8 Å². The number of rotatable bonds is 4. The Morgan fingerprint density at radius 1 is 1.07 bits per heavy atom. The Bertz CT molecular complexity index is 1030. The lowest BCUT2D eigenvalue weighted by atomic mass is 9.85. The van der Waals surface area contributed by atoms with Crippen molar-refractivity contribution < 1.29 is 19.4 Å². The predicted molar refractivity (Wildman–Crippen MR) is 108 cm³/mol. The first-order chi connectivity index (χ1) is 14.1. The molecular weight excluding hydrogens is 372 g/mol. The first-order valence-electron chi connectivity index (χ1n) is 8.97. The second kappa shape index (κ2) is 9.36. The quantitative estimate of drug-likeness (QED) is 0.591. The lowest BCUT2D eigenvalue weighted by Crippen LogP contribution is -2.24. The van der Waals surface area contributed by atoms with Crippen molar-refractivity contribution in [3.05, 3.63) is 93.9 Å². The van der Waals surface area contributed by atoms with Crippen molar-refractivity contribution in [2.45, 2.75) is 18.9 Å². The molecule has 0 aliphatic carbocycles. The third kappa shape index (κ3) is 5.10. The van der Waals surface area contributed by atoms with E-state index >= 15 is 0 Å². The van der Waals surface area contributed by atoms with Crippen LogP contribution in [0.25, 0.3) is 0 Å². The Morgan fingerprint density at radius 3 is 2.52 bits per heavy atom. The molecule has 1 aliphatic rings. The van der Waals surface area contributed by atoms with Gasteiger partial charge in [-0.1, -0.05) is 42.5 Å². The molecule has 1 aromatic heterocycles. The highest BCUT2D eigenvalue weighted by Gasteiger charge is 2.27. The molecule has 0 saturated heterocycles. The summed E-state index contributed by atoms with van der Waals surface area (Å²) in [6.45, 7) is 0.219. The van der Waals surface area contributed by atoms with Gasteiger partial charge in [0.25, 0.3) is 6.47 Å². The van der Waals surface area contributed by atoms with E-state index in [0.29, 0.717) is 18.8 Å².